The Morgan fingerprint density at radius 3 is 2.67 bits per heavy atom. The van der Waals surface area contributed by atoms with Crippen LogP contribution in [0.2, 0.25) is 0 Å². The van der Waals surface area contributed by atoms with Gasteiger partial charge in [-0.1, -0.05) is 5.16 Å². The summed E-state index contributed by atoms with van der Waals surface area (Å²) in [6, 6.07) is -0.126. The number of aromatic nitrogens is 3. The van der Waals surface area contributed by atoms with E-state index in [0.29, 0.717) is 16.6 Å². The summed E-state index contributed by atoms with van der Waals surface area (Å²) in [7, 11) is 1.44. The van der Waals surface area contributed by atoms with Crippen LogP contribution in [-0.4, -0.2) is 64.9 Å². The third-order valence-corrected chi connectivity index (χ3v) is 7.03. The number of hydrogen-bond acceptors (Lipinski definition) is 10. The largest absolute Gasteiger partial charge is 0.480 e. The molecule has 3 atom stereocenters. The second-order valence-electron chi connectivity index (χ2n) is 9.19. The zero-order valence-electron chi connectivity index (χ0n) is 19.5. The molecule has 0 saturated carbocycles. The fourth-order valence-corrected chi connectivity index (χ4v) is 5.69. The molecule has 0 radical (unpaired) electrons. The SMILES string of the molecule is COc1cncc(-c2noc3c(F)c4c(cc23)CC2(C(=O)NC(=O)NC2=O)[C@H]2[C@H](C)O[C@H](C)CN42)n1. The van der Waals surface area contributed by atoms with Crippen molar-refractivity contribution in [3.8, 4) is 17.3 Å². The lowest BCUT2D eigenvalue weighted by Crippen LogP contribution is -2.75. The zero-order chi connectivity index (χ0) is 25.4. The molecule has 2 N–H and O–H groups in total. The summed E-state index contributed by atoms with van der Waals surface area (Å²) < 4.78 is 32.6. The van der Waals surface area contributed by atoms with Crippen LogP contribution in [0.25, 0.3) is 22.4 Å². The van der Waals surface area contributed by atoms with E-state index in [0.717, 1.165) is 0 Å². The summed E-state index contributed by atoms with van der Waals surface area (Å²) in [5.41, 5.74) is -0.709. The van der Waals surface area contributed by atoms with Gasteiger partial charge in [0.05, 0.1) is 48.8 Å². The fourth-order valence-electron chi connectivity index (χ4n) is 5.69. The molecular formula is C23H21FN6O6. The van der Waals surface area contributed by atoms with Gasteiger partial charge in [-0.05, 0) is 25.5 Å². The lowest BCUT2D eigenvalue weighted by atomic mass is 9.66. The number of morpholine rings is 1. The molecule has 0 bridgehead atoms. The van der Waals surface area contributed by atoms with Gasteiger partial charge in [-0.15, -0.1) is 0 Å². The predicted molar refractivity (Wildman–Crippen MR) is 121 cm³/mol. The van der Waals surface area contributed by atoms with Crippen molar-refractivity contribution in [1.82, 2.24) is 25.8 Å². The number of nitrogens with zero attached hydrogens (tertiary/aromatic N) is 4. The maximum absolute atomic E-state index is 16.1. The van der Waals surface area contributed by atoms with Crippen LogP contribution in [-0.2, 0) is 20.7 Å². The molecule has 0 aliphatic carbocycles. The second-order valence-corrected chi connectivity index (χ2v) is 9.19. The Morgan fingerprint density at radius 2 is 1.94 bits per heavy atom. The molecule has 12 nitrogen and oxygen atoms in total. The van der Waals surface area contributed by atoms with Crippen molar-refractivity contribution in [3.05, 3.63) is 29.8 Å². The number of anilines is 1. The lowest BCUT2D eigenvalue weighted by molar-refractivity contribution is -0.153. The first kappa shape index (κ1) is 22.3. The van der Waals surface area contributed by atoms with Crippen LogP contribution < -0.4 is 20.3 Å². The number of methoxy groups -OCH3 is 1. The molecule has 5 heterocycles. The van der Waals surface area contributed by atoms with E-state index >= 15 is 4.39 Å². The van der Waals surface area contributed by atoms with Crippen LogP contribution in [0.1, 0.15) is 19.4 Å². The molecule has 3 aliphatic heterocycles. The van der Waals surface area contributed by atoms with Gasteiger partial charge < -0.3 is 18.9 Å². The van der Waals surface area contributed by atoms with Crippen LogP contribution in [0.5, 0.6) is 5.88 Å². The Morgan fingerprint density at radius 1 is 1.19 bits per heavy atom. The Kier molecular flexibility index (Phi) is 4.77. The van der Waals surface area contributed by atoms with Crippen LogP contribution in [0.3, 0.4) is 0 Å². The van der Waals surface area contributed by atoms with E-state index in [9.17, 15) is 14.4 Å². The number of hydrogen-bond donors (Lipinski definition) is 2. The van der Waals surface area contributed by atoms with Crippen molar-refractivity contribution in [3.63, 3.8) is 0 Å². The minimum Gasteiger partial charge on any atom is -0.480 e. The number of fused-ring (bicyclic) bond motifs is 5. The number of ether oxygens (including phenoxy) is 2. The molecule has 3 aromatic rings. The summed E-state index contributed by atoms with van der Waals surface area (Å²) in [5.74, 6) is -1.95. The molecule has 0 unspecified atom stereocenters. The number of halogens is 1. The summed E-state index contributed by atoms with van der Waals surface area (Å²) in [6.45, 7) is 3.76. The van der Waals surface area contributed by atoms with Gasteiger partial charge >= 0.3 is 6.03 Å². The fraction of sp³-hybridized carbons (Fsp3) is 0.391. The summed E-state index contributed by atoms with van der Waals surface area (Å²) >= 11 is 0. The highest BCUT2D eigenvalue weighted by Gasteiger charge is 2.63. The molecule has 2 aromatic heterocycles. The number of urea groups is 1. The van der Waals surface area contributed by atoms with Crippen molar-refractivity contribution in [2.45, 2.75) is 38.5 Å². The third-order valence-electron chi connectivity index (χ3n) is 7.03. The van der Waals surface area contributed by atoms with Crippen LogP contribution in [0.4, 0.5) is 14.9 Å². The molecule has 1 aromatic carbocycles. The Balaban J connectivity index is 1.59. The van der Waals surface area contributed by atoms with Gasteiger partial charge in [-0.2, -0.15) is 0 Å². The lowest BCUT2D eigenvalue weighted by Gasteiger charge is -2.55. The van der Waals surface area contributed by atoms with Gasteiger partial charge in [0.2, 0.25) is 23.3 Å². The van der Waals surface area contributed by atoms with Gasteiger partial charge in [0.1, 0.15) is 11.4 Å². The highest BCUT2D eigenvalue weighted by Crippen LogP contribution is 2.49. The summed E-state index contributed by atoms with van der Waals surface area (Å²) in [5, 5.41) is 8.75. The van der Waals surface area contributed by atoms with E-state index in [-0.39, 0.29) is 41.9 Å². The zero-order valence-corrected chi connectivity index (χ0v) is 19.5. The average Bonchev–Trinajstić information content (AvgIpc) is 3.26. The van der Waals surface area contributed by atoms with E-state index in [2.05, 4.69) is 25.8 Å². The topological polar surface area (TPSA) is 149 Å². The van der Waals surface area contributed by atoms with Gasteiger partial charge in [0.15, 0.2) is 11.2 Å². The molecule has 2 saturated heterocycles. The number of nitrogens with one attached hydrogen (secondary N) is 2. The average molecular weight is 496 g/mol. The Hall–Kier alpha value is -4.13. The van der Waals surface area contributed by atoms with Crippen molar-refractivity contribution >= 4 is 34.5 Å². The van der Waals surface area contributed by atoms with Crippen LogP contribution >= 0.6 is 0 Å². The smallest absolute Gasteiger partial charge is 0.328 e. The number of rotatable bonds is 2. The summed E-state index contributed by atoms with van der Waals surface area (Å²) in [6.07, 6.45) is 1.74. The van der Waals surface area contributed by atoms with Crippen molar-refractivity contribution < 1.29 is 32.8 Å². The number of carbonyl (C=O) groups is 3. The minimum absolute atomic E-state index is 0.0948. The molecule has 1 spiro atoms. The normalized spacial score (nSPS) is 24.8. The first-order valence-corrected chi connectivity index (χ1v) is 11.3. The van der Waals surface area contributed by atoms with E-state index in [1.54, 1.807) is 17.9 Å². The Bertz CT molecular complexity index is 1440. The van der Waals surface area contributed by atoms with Gasteiger partial charge in [0, 0.05) is 13.0 Å². The van der Waals surface area contributed by atoms with Crippen LogP contribution in [0.15, 0.2) is 23.0 Å². The van der Waals surface area contributed by atoms with E-state index in [1.807, 2.05) is 6.92 Å². The number of barbiturate groups is 1. The minimum atomic E-state index is -1.73. The molecular weight excluding hydrogens is 475 g/mol. The standard InChI is InChI=1S/C23H21FN6O6/c1-9-8-30-17-11(5-23(19(30)10(2)35-9)20(31)27-22(33)28-21(23)32)4-12-16(29-36-18(12)15(17)24)13-6-25-7-14(26-13)34-3/h4,6-7,9-10,19H,5,8H2,1-3H3,(H2,27,28,31,32,33)/t9-,10+,19-/m1/s1. The van der Waals surface area contributed by atoms with Crippen molar-refractivity contribution in [2.24, 2.45) is 5.41 Å². The number of carbonyl (C=O) groups excluding carboxylic acids is 3. The highest BCUT2D eigenvalue weighted by molar-refractivity contribution is 6.20. The van der Waals surface area contributed by atoms with E-state index in [4.69, 9.17) is 14.0 Å². The molecule has 13 heteroatoms. The molecule has 2 fully saturated rings. The van der Waals surface area contributed by atoms with Crippen LogP contribution in [0, 0.1) is 11.2 Å². The number of amides is 4. The Labute approximate surface area is 203 Å². The predicted octanol–water partition coefficient (Wildman–Crippen LogP) is 1.32. The first-order chi connectivity index (χ1) is 17.2. The van der Waals surface area contributed by atoms with Gasteiger partial charge in [-0.3, -0.25) is 25.2 Å². The maximum Gasteiger partial charge on any atom is 0.328 e. The van der Waals surface area contributed by atoms with E-state index < -0.39 is 41.2 Å². The molecule has 3 aliphatic rings. The molecule has 4 amide bonds. The third kappa shape index (κ3) is 2.95. The number of imide groups is 2. The first-order valence-electron chi connectivity index (χ1n) is 11.3. The molecule has 6 rings (SSSR count). The highest BCUT2D eigenvalue weighted by atomic mass is 19.1. The quantitative estimate of drug-likeness (QED) is 0.498. The second kappa shape index (κ2) is 7.68. The maximum atomic E-state index is 16.1. The monoisotopic (exact) mass is 496 g/mol. The van der Waals surface area contributed by atoms with Crippen molar-refractivity contribution in [2.75, 3.05) is 18.6 Å². The van der Waals surface area contributed by atoms with Gasteiger partial charge in [0.25, 0.3) is 0 Å². The van der Waals surface area contributed by atoms with E-state index in [1.165, 1.54) is 19.5 Å². The number of benzene rings is 1. The molecule has 36 heavy (non-hydrogen) atoms. The van der Waals surface area contributed by atoms with Crippen molar-refractivity contribution in [1.29, 1.82) is 0 Å². The van der Waals surface area contributed by atoms with Gasteiger partial charge in [-0.25, -0.2) is 14.2 Å². The summed E-state index contributed by atoms with van der Waals surface area (Å²) in [4.78, 5) is 48.6. The molecule has 186 valence electrons.